The number of carbonyl (C=O) groups excluding carboxylic acids is 1. The average molecular weight is 218 g/mol. The number of carbonyl (C=O) groups is 1. The summed E-state index contributed by atoms with van der Waals surface area (Å²) < 4.78 is 10.2. The molecule has 4 nitrogen and oxygen atoms in total. The lowest BCUT2D eigenvalue weighted by Gasteiger charge is -2.04. The van der Waals surface area contributed by atoms with Crippen LogP contribution >= 0.6 is 0 Å². The number of aldehydes is 1. The van der Waals surface area contributed by atoms with E-state index in [2.05, 4.69) is 0 Å². The van der Waals surface area contributed by atoms with E-state index in [-0.39, 0.29) is 11.5 Å². The number of furan rings is 1. The van der Waals surface area contributed by atoms with Gasteiger partial charge in [0.25, 0.3) is 0 Å². The lowest BCUT2D eigenvalue weighted by Crippen LogP contribution is -1.83. The van der Waals surface area contributed by atoms with Gasteiger partial charge in [0.05, 0.1) is 12.7 Å². The first kappa shape index (κ1) is 10.3. The minimum Gasteiger partial charge on any atom is -0.507 e. The van der Waals surface area contributed by atoms with Gasteiger partial charge in [-0.15, -0.1) is 0 Å². The van der Waals surface area contributed by atoms with Crippen molar-refractivity contribution in [2.45, 2.75) is 0 Å². The molecule has 0 aliphatic carbocycles. The Morgan fingerprint density at radius 1 is 1.31 bits per heavy atom. The van der Waals surface area contributed by atoms with E-state index in [1.807, 2.05) is 0 Å². The molecule has 0 saturated carbocycles. The van der Waals surface area contributed by atoms with Crippen LogP contribution in [0.15, 0.2) is 34.7 Å². The van der Waals surface area contributed by atoms with Crippen molar-refractivity contribution in [2.75, 3.05) is 7.11 Å². The Kier molecular flexibility index (Phi) is 2.64. The molecule has 2 aromatic rings. The number of ether oxygens (including phenoxy) is 1. The summed E-state index contributed by atoms with van der Waals surface area (Å²) in [5.74, 6) is 1.28. The SMILES string of the molecule is COc1ccc(-c2ccc(C=O)o2)c(O)c1. The van der Waals surface area contributed by atoms with Crippen molar-refractivity contribution in [2.24, 2.45) is 0 Å². The Balaban J connectivity index is 2.43. The van der Waals surface area contributed by atoms with Gasteiger partial charge in [-0.05, 0) is 24.3 Å². The van der Waals surface area contributed by atoms with E-state index < -0.39 is 0 Å². The summed E-state index contributed by atoms with van der Waals surface area (Å²) in [5, 5.41) is 9.73. The van der Waals surface area contributed by atoms with Crippen LogP contribution in [0.25, 0.3) is 11.3 Å². The first-order valence-electron chi connectivity index (χ1n) is 4.67. The zero-order chi connectivity index (χ0) is 11.5. The number of aromatic hydroxyl groups is 1. The second-order valence-corrected chi connectivity index (χ2v) is 3.20. The summed E-state index contributed by atoms with van der Waals surface area (Å²) in [4.78, 5) is 10.5. The lowest BCUT2D eigenvalue weighted by atomic mass is 10.1. The van der Waals surface area contributed by atoms with Gasteiger partial charge >= 0.3 is 0 Å². The molecule has 0 radical (unpaired) electrons. The maximum atomic E-state index is 10.5. The molecule has 1 N–H and O–H groups in total. The number of benzene rings is 1. The highest BCUT2D eigenvalue weighted by Gasteiger charge is 2.09. The van der Waals surface area contributed by atoms with Crippen molar-refractivity contribution in [3.63, 3.8) is 0 Å². The lowest BCUT2D eigenvalue weighted by molar-refractivity contribution is 0.110. The van der Waals surface area contributed by atoms with Crippen LogP contribution in [0.3, 0.4) is 0 Å². The number of rotatable bonds is 3. The molecule has 0 bridgehead atoms. The van der Waals surface area contributed by atoms with Gasteiger partial charge in [0, 0.05) is 6.07 Å². The number of hydrogen-bond acceptors (Lipinski definition) is 4. The van der Waals surface area contributed by atoms with Crippen LogP contribution in [-0.4, -0.2) is 18.5 Å². The van der Waals surface area contributed by atoms with Crippen molar-refractivity contribution in [3.8, 4) is 22.8 Å². The van der Waals surface area contributed by atoms with Gasteiger partial charge in [0.1, 0.15) is 17.3 Å². The van der Waals surface area contributed by atoms with Crippen LogP contribution in [0.1, 0.15) is 10.6 Å². The first-order valence-corrected chi connectivity index (χ1v) is 4.67. The van der Waals surface area contributed by atoms with Gasteiger partial charge in [-0.1, -0.05) is 0 Å². The molecule has 0 aliphatic rings. The quantitative estimate of drug-likeness (QED) is 0.804. The summed E-state index contributed by atoms with van der Waals surface area (Å²) in [5.41, 5.74) is 0.522. The molecule has 0 fully saturated rings. The van der Waals surface area contributed by atoms with Crippen molar-refractivity contribution in [1.29, 1.82) is 0 Å². The maximum absolute atomic E-state index is 10.5. The zero-order valence-electron chi connectivity index (χ0n) is 8.64. The molecule has 1 aromatic heterocycles. The number of phenols is 1. The Labute approximate surface area is 92.1 Å². The fraction of sp³-hybridized carbons (Fsp3) is 0.0833. The molecule has 0 amide bonds. The fourth-order valence-corrected chi connectivity index (χ4v) is 1.41. The van der Waals surface area contributed by atoms with Crippen molar-refractivity contribution in [3.05, 3.63) is 36.1 Å². The van der Waals surface area contributed by atoms with Gasteiger partial charge in [-0.25, -0.2) is 0 Å². The predicted molar refractivity (Wildman–Crippen MR) is 57.7 cm³/mol. The standard InChI is InChI=1S/C12H10O4/c1-15-8-2-4-10(11(14)6-8)12-5-3-9(7-13)16-12/h2-7,14H,1H3. The summed E-state index contributed by atoms with van der Waals surface area (Å²) in [6.45, 7) is 0. The first-order chi connectivity index (χ1) is 7.74. The van der Waals surface area contributed by atoms with Gasteiger partial charge in [0.15, 0.2) is 12.0 Å². The Morgan fingerprint density at radius 3 is 2.69 bits per heavy atom. The van der Waals surface area contributed by atoms with Crippen molar-refractivity contribution < 1.29 is 19.1 Å². The number of hydrogen-bond donors (Lipinski definition) is 1. The van der Waals surface area contributed by atoms with E-state index in [1.165, 1.54) is 13.2 Å². The molecule has 0 unspecified atom stereocenters. The number of methoxy groups -OCH3 is 1. The van der Waals surface area contributed by atoms with Gasteiger partial charge in [-0.2, -0.15) is 0 Å². The van der Waals surface area contributed by atoms with Crippen LogP contribution < -0.4 is 4.74 Å². The Morgan fingerprint density at radius 2 is 2.12 bits per heavy atom. The largest absolute Gasteiger partial charge is 0.507 e. The van der Waals surface area contributed by atoms with Crippen molar-refractivity contribution >= 4 is 6.29 Å². The highest BCUT2D eigenvalue weighted by atomic mass is 16.5. The van der Waals surface area contributed by atoms with E-state index in [4.69, 9.17) is 9.15 Å². The molecule has 0 aliphatic heterocycles. The highest BCUT2D eigenvalue weighted by Crippen LogP contribution is 2.33. The third-order valence-corrected chi connectivity index (χ3v) is 2.21. The second kappa shape index (κ2) is 4.10. The molecular weight excluding hydrogens is 208 g/mol. The molecule has 1 heterocycles. The topological polar surface area (TPSA) is 59.7 Å². The molecule has 1 aromatic carbocycles. The summed E-state index contributed by atoms with van der Waals surface area (Å²) in [7, 11) is 1.52. The summed E-state index contributed by atoms with van der Waals surface area (Å²) >= 11 is 0. The zero-order valence-corrected chi connectivity index (χ0v) is 8.64. The van der Waals surface area contributed by atoms with Gasteiger partial charge < -0.3 is 14.3 Å². The fourth-order valence-electron chi connectivity index (χ4n) is 1.41. The van der Waals surface area contributed by atoms with Crippen LogP contribution in [-0.2, 0) is 0 Å². The smallest absolute Gasteiger partial charge is 0.185 e. The predicted octanol–water partition coefficient (Wildman–Crippen LogP) is 2.47. The highest BCUT2D eigenvalue weighted by molar-refractivity contribution is 5.74. The van der Waals surface area contributed by atoms with Crippen LogP contribution in [0.5, 0.6) is 11.5 Å². The molecule has 2 rings (SSSR count). The molecule has 0 spiro atoms. The van der Waals surface area contributed by atoms with Gasteiger partial charge in [-0.3, -0.25) is 4.79 Å². The summed E-state index contributed by atoms with van der Waals surface area (Å²) in [6, 6.07) is 8.04. The molecular formula is C12H10O4. The Hall–Kier alpha value is -2.23. The van der Waals surface area contributed by atoms with Crippen LogP contribution in [0.2, 0.25) is 0 Å². The molecule has 0 saturated heterocycles. The van der Waals surface area contributed by atoms with Crippen LogP contribution in [0.4, 0.5) is 0 Å². The molecule has 0 atom stereocenters. The molecule has 16 heavy (non-hydrogen) atoms. The molecule has 82 valence electrons. The third kappa shape index (κ3) is 1.77. The van der Waals surface area contributed by atoms with Gasteiger partial charge in [0.2, 0.25) is 0 Å². The van der Waals surface area contributed by atoms with E-state index in [0.717, 1.165) is 0 Å². The van der Waals surface area contributed by atoms with E-state index in [0.29, 0.717) is 23.4 Å². The van der Waals surface area contributed by atoms with E-state index in [9.17, 15) is 9.90 Å². The molecule has 4 heteroatoms. The minimum atomic E-state index is 0.0474. The van der Waals surface area contributed by atoms with E-state index in [1.54, 1.807) is 24.3 Å². The number of phenolic OH excluding ortho intramolecular Hbond substituents is 1. The average Bonchev–Trinajstić information content (AvgIpc) is 2.77. The minimum absolute atomic E-state index is 0.0474. The Bertz CT molecular complexity index is 513. The summed E-state index contributed by atoms with van der Waals surface area (Å²) in [6.07, 6.45) is 0.615. The maximum Gasteiger partial charge on any atom is 0.185 e. The third-order valence-electron chi connectivity index (χ3n) is 2.21. The second-order valence-electron chi connectivity index (χ2n) is 3.20. The van der Waals surface area contributed by atoms with E-state index >= 15 is 0 Å². The monoisotopic (exact) mass is 218 g/mol. The van der Waals surface area contributed by atoms with Crippen molar-refractivity contribution in [1.82, 2.24) is 0 Å². The van der Waals surface area contributed by atoms with Crippen LogP contribution in [0, 0.1) is 0 Å². The normalized spacial score (nSPS) is 10.1.